The van der Waals surface area contributed by atoms with Gasteiger partial charge in [-0.1, -0.05) is 16.9 Å². The van der Waals surface area contributed by atoms with E-state index in [-0.39, 0.29) is 27.0 Å². The van der Waals surface area contributed by atoms with Crippen molar-refractivity contribution in [3.63, 3.8) is 0 Å². The van der Waals surface area contributed by atoms with Crippen LogP contribution in [0.25, 0.3) is 21.5 Å². The Morgan fingerprint density at radius 2 is 0.831 bits per heavy atom. The van der Waals surface area contributed by atoms with Crippen LogP contribution in [-0.2, 0) is 22.1 Å². The summed E-state index contributed by atoms with van der Waals surface area (Å²) in [5, 5.41) is 11.8. The number of esters is 1. The molecule has 9 nitrogen and oxygen atoms in total. The number of aromatic nitrogens is 3. The number of rotatable bonds is 0. The Morgan fingerprint density at radius 1 is 0.446 bits per heavy atom. The summed E-state index contributed by atoms with van der Waals surface area (Å²) in [6, 6.07) is 0. The summed E-state index contributed by atoms with van der Waals surface area (Å²) in [6.07, 6.45) is 0. The van der Waals surface area contributed by atoms with E-state index in [9.17, 15) is 19.2 Å². The summed E-state index contributed by atoms with van der Waals surface area (Å²) in [6.45, 7) is 45.1. The van der Waals surface area contributed by atoms with Crippen LogP contribution in [0.2, 0.25) is 0 Å². The number of benzene rings is 4. The summed E-state index contributed by atoms with van der Waals surface area (Å²) in [7, 11) is 1.71. The lowest BCUT2D eigenvalue weighted by Crippen LogP contribution is -2.22. The summed E-state index contributed by atoms with van der Waals surface area (Å²) >= 11 is 1.46. The lowest BCUT2D eigenvalue weighted by Gasteiger charge is -2.22. The molecule has 8 rings (SSSR count). The molecule has 0 unspecified atom stereocenters. The van der Waals surface area contributed by atoms with Crippen LogP contribution in [0.4, 0.5) is 0 Å². The summed E-state index contributed by atoms with van der Waals surface area (Å²) < 4.78 is 11.6. The number of hydrogen-bond acceptors (Lipinski definition) is 9. The Morgan fingerprint density at radius 3 is 1.32 bits per heavy atom. The first-order valence-electron chi connectivity index (χ1n) is 22.3. The summed E-state index contributed by atoms with van der Waals surface area (Å²) in [5.74, 6) is -0.177. The third-order valence-electron chi connectivity index (χ3n) is 15.1. The molecule has 0 bridgehead atoms. The number of hydrogen-bond donors (Lipinski definition) is 0. The Bertz CT molecular complexity index is 3070. The molecule has 0 radical (unpaired) electrons. The lowest BCUT2D eigenvalue weighted by molar-refractivity contribution is 0.00934. The fraction of sp³-hybridized carbons (Fsp3) is 0.455. The highest BCUT2D eigenvalue weighted by molar-refractivity contribution is 8.15. The maximum Gasteiger partial charge on any atom is 0.366 e. The zero-order chi connectivity index (χ0) is 49.4. The normalized spacial score (nSPS) is 14.3. The number of ether oxygens (including phenoxy) is 1. The van der Waals surface area contributed by atoms with Gasteiger partial charge in [0, 0.05) is 33.7 Å². The molecule has 0 amide bonds. The Kier molecular flexibility index (Phi) is 13.9. The zero-order valence-electron chi connectivity index (χ0n) is 43.2. The van der Waals surface area contributed by atoms with Gasteiger partial charge in [0.15, 0.2) is 0 Å². The molecular weight excluding hydrogens is 831 g/mol. The van der Waals surface area contributed by atoms with Gasteiger partial charge in [-0.25, -0.2) is 14.3 Å². The summed E-state index contributed by atoms with van der Waals surface area (Å²) in [4.78, 5) is 47.9. The highest BCUT2D eigenvalue weighted by Gasteiger charge is 2.42. The van der Waals surface area contributed by atoms with E-state index in [1.165, 1.54) is 83.2 Å². The number of thioether (sulfide) groups is 1. The second kappa shape index (κ2) is 17.8. The van der Waals surface area contributed by atoms with Gasteiger partial charge in [-0.3, -0.25) is 9.59 Å². The van der Waals surface area contributed by atoms with E-state index < -0.39 is 5.60 Å². The minimum Gasteiger partial charge on any atom is -0.451 e. The number of aryl methyl sites for hydroxylation is 7. The first kappa shape index (κ1) is 50.6. The Hall–Kier alpha value is -5.35. The van der Waals surface area contributed by atoms with Crippen LogP contribution in [0.5, 0.6) is 0 Å². The van der Waals surface area contributed by atoms with Crippen molar-refractivity contribution in [2.24, 2.45) is 7.05 Å². The predicted octanol–water partition coefficient (Wildman–Crippen LogP) is 12.6. The van der Waals surface area contributed by atoms with E-state index in [4.69, 9.17) is 9.26 Å². The molecule has 2 aliphatic rings. The van der Waals surface area contributed by atoms with Crippen molar-refractivity contribution in [2.75, 3.05) is 0 Å². The van der Waals surface area contributed by atoms with Gasteiger partial charge >= 0.3 is 11.6 Å². The van der Waals surface area contributed by atoms with Crippen molar-refractivity contribution in [1.82, 2.24) is 14.9 Å². The average Bonchev–Trinajstić information content (AvgIpc) is 3.64. The van der Waals surface area contributed by atoms with Crippen LogP contribution in [-0.4, -0.2) is 26.0 Å². The van der Waals surface area contributed by atoms with E-state index in [1.807, 2.05) is 62.3 Å². The van der Waals surface area contributed by atoms with E-state index in [0.29, 0.717) is 5.39 Å². The fourth-order valence-corrected chi connectivity index (χ4v) is 11.2. The smallest absolute Gasteiger partial charge is 0.366 e. The molecule has 0 atom stereocenters. The van der Waals surface area contributed by atoms with Gasteiger partial charge in [0.05, 0.1) is 27.7 Å². The van der Waals surface area contributed by atoms with Gasteiger partial charge in [0.25, 0.3) is 5.56 Å². The maximum absolute atomic E-state index is 12.2. The van der Waals surface area contributed by atoms with Crippen LogP contribution in [0.3, 0.4) is 0 Å². The molecule has 0 N–H and O–H groups in total. The van der Waals surface area contributed by atoms with Gasteiger partial charge in [-0.2, -0.15) is 5.10 Å². The molecule has 10 heteroatoms. The van der Waals surface area contributed by atoms with E-state index >= 15 is 0 Å². The number of nitrogens with zero attached hydrogens (tertiary/aromatic N) is 3. The van der Waals surface area contributed by atoms with Gasteiger partial charge in [-0.15, -0.1) is 0 Å². The number of carbonyl (C=O) groups is 2. The van der Waals surface area contributed by atoms with Crippen molar-refractivity contribution in [2.45, 2.75) is 163 Å². The van der Waals surface area contributed by atoms with Crippen molar-refractivity contribution < 1.29 is 18.8 Å². The van der Waals surface area contributed by atoms with Crippen molar-refractivity contribution in [1.29, 1.82) is 0 Å². The first-order valence-corrected chi connectivity index (χ1v) is 23.2. The predicted molar refractivity (Wildman–Crippen MR) is 269 cm³/mol. The molecule has 6 aromatic rings. The molecule has 4 heterocycles. The molecule has 2 aromatic heterocycles. The molecule has 0 spiro atoms. The molecule has 4 aromatic carbocycles. The van der Waals surface area contributed by atoms with Crippen molar-refractivity contribution >= 4 is 44.4 Å². The van der Waals surface area contributed by atoms with Crippen LogP contribution in [0, 0.1) is 125 Å². The quantitative estimate of drug-likeness (QED) is 0.137. The molecule has 346 valence electrons. The van der Waals surface area contributed by atoms with Crippen LogP contribution < -0.4 is 11.2 Å². The highest BCUT2D eigenvalue weighted by Crippen LogP contribution is 2.50. The van der Waals surface area contributed by atoms with E-state index in [1.54, 1.807) is 7.05 Å². The second-order valence-corrected chi connectivity index (χ2v) is 21.0. The molecule has 0 aliphatic carbocycles. The minimum atomic E-state index is -0.486. The molecular formula is C55H69N3O6S. The molecule has 65 heavy (non-hydrogen) atoms. The molecule has 0 saturated heterocycles. The monoisotopic (exact) mass is 899 g/mol. The third-order valence-corrected chi connectivity index (χ3v) is 16.2. The average molecular weight is 900 g/mol. The highest BCUT2D eigenvalue weighted by atomic mass is 32.2. The Balaban J connectivity index is 0.000000163. The molecule has 0 fully saturated rings. The van der Waals surface area contributed by atoms with Crippen molar-refractivity contribution in [3.05, 3.63) is 143 Å². The molecule has 0 saturated carbocycles. The SMILES string of the molecule is Cc1c(C)c(C)c2c(=O)n(C)nc(C)c2c1C.Cc1c(C)c(C)c2c(=O)onc(C)c2c1C.Cc1c(C)c(C)c2c(c1C)C(=O)OC2(C)C.Cc1c(C)c(C)c2c(c1C)C(=O)SC2(C)C. The van der Waals surface area contributed by atoms with Crippen LogP contribution in [0.1, 0.15) is 160 Å². The molecule has 2 aliphatic heterocycles. The van der Waals surface area contributed by atoms with E-state index in [2.05, 4.69) is 100 Å². The topological polar surface area (TPSA) is 121 Å². The van der Waals surface area contributed by atoms with E-state index in [0.717, 1.165) is 72.1 Å². The van der Waals surface area contributed by atoms with Crippen LogP contribution >= 0.6 is 11.8 Å². The Labute approximate surface area is 389 Å². The van der Waals surface area contributed by atoms with Crippen molar-refractivity contribution in [3.8, 4) is 0 Å². The lowest BCUT2D eigenvalue weighted by atomic mass is 9.84. The fourth-order valence-electron chi connectivity index (χ4n) is 10.0. The summed E-state index contributed by atoms with van der Waals surface area (Å²) in [5.41, 5.74) is 23.9. The largest absolute Gasteiger partial charge is 0.451 e. The first-order chi connectivity index (χ1) is 29.8. The minimum absolute atomic E-state index is 0.00528. The number of fused-ring (bicyclic) bond motifs is 4. The van der Waals surface area contributed by atoms with Gasteiger partial charge in [-0.05, 0) is 247 Å². The number of carbonyl (C=O) groups excluding carboxylic acids is 2. The van der Waals surface area contributed by atoms with Gasteiger partial charge < -0.3 is 9.26 Å². The second-order valence-electron chi connectivity index (χ2n) is 19.4. The van der Waals surface area contributed by atoms with Gasteiger partial charge in [0.2, 0.25) is 5.12 Å². The zero-order valence-corrected chi connectivity index (χ0v) is 44.0. The maximum atomic E-state index is 12.2. The standard InChI is InChI=1S/C14H18N2O.C14H18O2.C14H18OS.C13H15NO2/c1-7-8(2)10(4)13-12(9(7)3)11(5)15-16(6)14(13)17;2*1-7-8(2)10(4)12-11(9(7)3)13(15)16-14(12,5)6;1-6-7(2)9(4)12-11(8(6)3)10(5)14-16-13(12)15/h1-6H3;2*1-6H3;1-5H3. The van der Waals surface area contributed by atoms with Crippen LogP contribution in [0.15, 0.2) is 14.1 Å². The number of cyclic esters (lactones) is 1. The third kappa shape index (κ3) is 8.40. The van der Waals surface area contributed by atoms with Gasteiger partial charge in [0.1, 0.15) is 5.60 Å².